The van der Waals surface area contributed by atoms with E-state index in [1.165, 1.54) is 5.56 Å². The Balaban J connectivity index is 1.79. The predicted octanol–water partition coefficient (Wildman–Crippen LogP) is 4.21. The Morgan fingerprint density at radius 1 is 1.07 bits per heavy atom. The molecule has 2 N–H and O–H groups in total. The first-order valence-electron chi connectivity index (χ1n) is 8.82. The van der Waals surface area contributed by atoms with Gasteiger partial charge in [-0.15, -0.1) is 0 Å². The van der Waals surface area contributed by atoms with Crippen molar-refractivity contribution in [3.63, 3.8) is 0 Å². The number of nitrogens with one attached hydrogen (secondary N) is 2. The van der Waals surface area contributed by atoms with Crippen molar-refractivity contribution < 1.29 is 14.3 Å². The number of halogens is 1. The minimum absolute atomic E-state index is 0.154. The Bertz CT molecular complexity index is 834. The van der Waals surface area contributed by atoms with Crippen molar-refractivity contribution in [2.24, 2.45) is 0 Å². The van der Waals surface area contributed by atoms with Crippen LogP contribution in [-0.2, 0) is 9.59 Å². The van der Waals surface area contributed by atoms with Crippen LogP contribution < -0.4 is 15.4 Å². The second-order valence-corrected chi connectivity index (χ2v) is 7.18. The summed E-state index contributed by atoms with van der Waals surface area (Å²) in [6.45, 7) is 7.88. The lowest BCUT2D eigenvalue weighted by Gasteiger charge is -2.12. The fourth-order valence-electron chi connectivity index (χ4n) is 2.68. The van der Waals surface area contributed by atoms with Crippen LogP contribution in [0.4, 0.5) is 5.69 Å². The molecule has 144 valence electrons. The third-order valence-electron chi connectivity index (χ3n) is 4.08. The largest absolute Gasteiger partial charge is 0.484 e. The summed E-state index contributed by atoms with van der Waals surface area (Å²) in [4.78, 5) is 23.9. The summed E-state index contributed by atoms with van der Waals surface area (Å²) in [6.07, 6.45) is 0. The van der Waals surface area contributed by atoms with Crippen LogP contribution in [0, 0.1) is 13.8 Å². The van der Waals surface area contributed by atoms with Gasteiger partial charge in [-0.25, -0.2) is 0 Å². The molecule has 0 saturated carbocycles. The molecule has 0 bridgehead atoms. The molecule has 2 aromatic rings. The summed E-state index contributed by atoms with van der Waals surface area (Å²) >= 11 is 6.08. The average Bonchev–Trinajstić information content (AvgIpc) is 2.60. The van der Waals surface area contributed by atoms with E-state index in [2.05, 4.69) is 24.5 Å². The van der Waals surface area contributed by atoms with Crippen molar-refractivity contribution in [3.8, 4) is 5.75 Å². The number of ether oxygens (including phenoxy) is 1. The van der Waals surface area contributed by atoms with Gasteiger partial charge in [-0.1, -0.05) is 37.6 Å². The molecular weight excluding hydrogens is 364 g/mol. The third-order valence-corrected chi connectivity index (χ3v) is 4.39. The van der Waals surface area contributed by atoms with Crippen molar-refractivity contribution >= 4 is 29.1 Å². The van der Waals surface area contributed by atoms with Crippen LogP contribution in [0.5, 0.6) is 5.75 Å². The number of benzene rings is 2. The van der Waals surface area contributed by atoms with Crippen LogP contribution in [0.3, 0.4) is 0 Å². The Morgan fingerprint density at radius 3 is 2.44 bits per heavy atom. The smallest absolute Gasteiger partial charge is 0.258 e. The molecule has 27 heavy (non-hydrogen) atoms. The van der Waals surface area contributed by atoms with Gasteiger partial charge >= 0.3 is 0 Å². The Kier molecular flexibility index (Phi) is 7.25. The van der Waals surface area contributed by atoms with Crippen LogP contribution in [-0.4, -0.2) is 25.0 Å². The van der Waals surface area contributed by atoms with Gasteiger partial charge in [0.05, 0.1) is 17.3 Å². The molecule has 0 unspecified atom stereocenters. The highest BCUT2D eigenvalue weighted by Crippen LogP contribution is 2.24. The molecule has 2 amide bonds. The zero-order chi connectivity index (χ0) is 20.0. The number of carbonyl (C=O) groups is 2. The second kappa shape index (κ2) is 9.42. The molecule has 0 aromatic heterocycles. The van der Waals surface area contributed by atoms with Gasteiger partial charge < -0.3 is 15.4 Å². The molecule has 0 spiro atoms. The standard InChI is InChI=1S/C21H25ClN2O3/c1-13(2)17-7-6-16(10-15(17)4)27-12-21(26)23-11-20(25)24-19-8-5-14(3)9-18(19)22/h5-10,13H,11-12H2,1-4H3,(H,23,26)(H,24,25). The molecule has 0 atom stereocenters. The topological polar surface area (TPSA) is 67.4 Å². The molecular formula is C21H25ClN2O3. The van der Waals surface area contributed by atoms with Crippen LogP contribution in [0.15, 0.2) is 36.4 Å². The lowest BCUT2D eigenvalue weighted by molar-refractivity contribution is -0.125. The minimum atomic E-state index is -0.370. The number of hydrogen-bond acceptors (Lipinski definition) is 3. The average molecular weight is 389 g/mol. The Morgan fingerprint density at radius 2 is 1.81 bits per heavy atom. The van der Waals surface area contributed by atoms with Crippen molar-refractivity contribution in [3.05, 3.63) is 58.1 Å². The third kappa shape index (κ3) is 6.29. The Hall–Kier alpha value is -2.53. The molecule has 2 rings (SSSR count). The molecule has 0 fully saturated rings. The number of hydrogen-bond donors (Lipinski definition) is 2. The van der Waals surface area contributed by atoms with Crippen LogP contribution in [0.1, 0.15) is 36.5 Å². The highest BCUT2D eigenvalue weighted by atomic mass is 35.5. The van der Waals surface area contributed by atoms with E-state index in [4.69, 9.17) is 16.3 Å². The predicted molar refractivity (Wildman–Crippen MR) is 109 cm³/mol. The summed E-state index contributed by atoms with van der Waals surface area (Å²) in [5.41, 5.74) is 3.88. The molecule has 0 heterocycles. The van der Waals surface area contributed by atoms with E-state index in [-0.39, 0.29) is 25.0 Å². The maximum atomic E-state index is 11.9. The van der Waals surface area contributed by atoms with E-state index >= 15 is 0 Å². The van der Waals surface area contributed by atoms with Crippen LogP contribution in [0.2, 0.25) is 5.02 Å². The minimum Gasteiger partial charge on any atom is -0.484 e. The van der Waals surface area contributed by atoms with E-state index in [0.717, 1.165) is 11.1 Å². The summed E-state index contributed by atoms with van der Waals surface area (Å²) in [5, 5.41) is 5.65. The van der Waals surface area contributed by atoms with Crippen molar-refractivity contribution in [2.75, 3.05) is 18.5 Å². The van der Waals surface area contributed by atoms with E-state index < -0.39 is 0 Å². The van der Waals surface area contributed by atoms with E-state index in [9.17, 15) is 9.59 Å². The summed E-state index contributed by atoms with van der Waals surface area (Å²) in [6, 6.07) is 11.1. The van der Waals surface area contributed by atoms with E-state index in [1.807, 2.05) is 38.1 Å². The van der Waals surface area contributed by atoms with Crippen molar-refractivity contribution in [1.82, 2.24) is 5.32 Å². The fraction of sp³-hybridized carbons (Fsp3) is 0.333. The van der Waals surface area contributed by atoms with E-state index in [1.54, 1.807) is 12.1 Å². The van der Waals surface area contributed by atoms with Crippen LogP contribution >= 0.6 is 11.6 Å². The van der Waals surface area contributed by atoms with E-state index in [0.29, 0.717) is 22.4 Å². The normalized spacial score (nSPS) is 10.6. The maximum absolute atomic E-state index is 11.9. The van der Waals surface area contributed by atoms with Gasteiger partial charge in [0.25, 0.3) is 5.91 Å². The first-order chi connectivity index (χ1) is 12.8. The Labute approximate surface area is 165 Å². The molecule has 2 aromatic carbocycles. The van der Waals surface area contributed by atoms with Crippen LogP contribution in [0.25, 0.3) is 0 Å². The van der Waals surface area contributed by atoms with Gasteiger partial charge in [-0.3, -0.25) is 9.59 Å². The molecule has 0 radical (unpaired) electrons. The monoisotopic (exact) mass is 388 g/mol. The number of carbonyl (C=O) groups excluding carboxylic acids is 2. The molecule has 0 aliphatic rings. The second-order valence-electron chi connectivity index (χ2n) is 6.77. The van der Waals surface area contributed by atoms with Gasteiger partial charge in [0.1, 0.15) is 5.75 Å². The van der Waals surface area contributed by atoms with Gasteiger partial charge in [0.15, 0.2) is 6.61 Å². The summed E-state index contributed by atoms with van der Waals surface area (Å²) < 4.78 is 5.50. The molecule has 0 saturated heterocycles. The molecule has 0 aliphatic heterocycles. The van der Waals surface area contributed by atoms with Gasteiger partial charge in [0.2, 0.25) is 5.91 Å². The quantitative estimate of drug-likeness (QED) is 0.746. The number of aryl methyl sites for hydroxylation is 2. The first kappa shape index (κ1) is 20.8. The zero-order valence-corrected chi connectivity index (χ0v) is 16.8. The molecule has 5 nitrogen and oxygen atoms in total. The highest BCUT2D eigenvalue weighted by molar-refractivity contribution is 6.33. The van der Waals surface area contributed by atoms with Crippen molar-refractivity contribution in [2.45, 2.75) is 33.6 Å². The fourth-order valence-corrected chi connectivity index (χ4v) is 2.96. The summed E-state index contributed by atoms with van der Waals surface area (Å²) in [7, 11) is 0. The maximum Gasteiger partial charge on any atom is 0.258 e. The molecule has 6 heteroatoms. The number of anilines is 1. The molecule has 0 aliphatic carbocycles. The highest BCUT2D eigenvalue weighted by Gasteiger charge is 2.10. The first-order valence-corrected chi connectivity index (χ1v) is 9.20. The van der Waals surface area contributed by atoms with Gasteiger partial charge in [0, 0.05) is 0 Å². The zero-order valence-electron chi connectivity index (χ0n) is 16.1. The number of rotatable bonds is 7. The number of amides is 2. The van der Waals surface area contributed by atoms with Crippen molar-refractivity contribution in [1.29, 1.82) is 0 Å². The SMILES string of the molecule is Cc1ccc(NC(=O)CNC(=O)COc2ccc(C(C)C)c(C)c2)c(Cl)c1. The summed E-state index contributed by atoms with van der Waals surface area (Å²) in [5.74, 6) is 0.336. The van der Waals surface area contributed by atoms with Gasteiger partial charge in [-0.2, -0.15) is 0 Å². The lowest BCUT2D eigenvalue weighted by atomic mass is 9.98. The lowest BCUT2D eigenvalue weighted by Crippen LogP contribution is -2.35. The van der Waals surface area contributed by atoms with Gasteiger partial charge in [-0.05, 0) is 60.7 Å².